The number of aromatic nitrogens is 1. The summed E-state index contributed by atoms with van der Waals surface area (Å²) in [6.45, 7) is 2.92. The number of carbonyl (C=O) groups is 2. The Morgan fingerprint density at radius 1 is 1.22 bits per heavy atom. The number of esters is 2. The molecule has 1 aliphatic heterocycles. The topological polar surface area (TPSA) is 77.9 Å². The average Bonchev–Trinajstić information content (AvgIpc) is 2.24. The summed E-state index contributed by atoms with van der Waals surface area (Å²) < 4.78 is 9.79. The molecule has 0 bridgehead atoms. The molecule has 0 radical (unpaired) electrons. The van der Waals surface area contributed by atoms with Crippen molar-refractivity contribution in [1.82, 2.24) is 4.98 Å². The van der Waals surface area contributed by atoms with Crippen molar-refractivity contribution in [3.63, 3.8) is 0 Å². The Bertz CT molecular complexity index is 514. The summed E-state index contributed by atoms with van der Waals surface area (Å²) in [5, 5.41) is 0.286. The minimum atomic E-state index is -1.27. The molecule has 1 fully saturated rings. The van der Waals surface area contributed by atoms with Crippen molar-refractivity contribution in [2.45, 2.75) is 19.6 Å². The highest BCUT2D eigenvalue weighted by atomic mass is 35.5. The maximum Gasteiger partial charge on any atom is 0.367 e. The van der Waals surface area contributed by atoms with Gasteiger partial charge < -0.3 is 9.47 Å². The molecular formula is C11H9ClN2O4. The van der Waals surface area contributed by atoms with Gasteiger partial charge in [0, 0.05) is 13.8 Å². The first-order valence-electron chi connectivity index (χ1n) is 5.04. The van der Waals surface area contributed by atoms with E-state index in [0.717, 1.165) is 0 Å². The second-order valence-corrected chi connectivity index (χ2v) is 4.37. The highest BCUT2D eigenvalue weighted by Gasteiger charge is 2.40. The number of aliphatic imine (C=N–C) groups is 1. The maximum atomic E-state index is 11.6. The second kappa shape index (κ2) is 4.38. The Balaban J connectivity index is 2.30. The van der Waals surface area contributed by atoms with Crippen LogP contribution in [0.5, 0.6) is 0 Å². The lowest BCUT2D eigenvalue weighted by Crippen LogP contribution is -2.46. The third kappa shape index (κ3) is 2.65. The third-order valence-electron chi connectivity index (χ3n) is 2.02. The molecule has 1 aromatic rings. The second-order valence-electron chi connectivity index (χ2n) is 3.98. The normalized spacial score (nSPS) is 18.1. The van der Waals surface area contributed by atoms with Crippen molar-refractivity contribution in [1.29, 1.82) is 0 Å². The van der Waals surface area contributed by atoms with Gasteiger partial charge >= 0.3 is 11.9 Å². The third-order valence-corrected chi connectivity index (χ3v) is 2.24. The molecule has 18 heavy (non-hydrogen) atoms. The van der Waals surface area contributed by atoms with Crippen molar-refractivity contribution < 1.29 is 19.1 Å². The highest BCUT2D eigenvalue weighted by molar-refractivity contribution is 6.63. The Hall–Kier alpha value is -1.95. The van der Waals surface area contributed by atoms with Gasteiger partial charge in [-0.15, -0.1) is 0 Å². The lowest BCUT2D eigenvalue weighted by molar-refractivity contribution is -0.214. The first-order valence-corrected chi connectivity index (χ1v) is 5.42. The van der Waals surface area contributed by atoms with E-state index in [1.807, 2.05) is 0 Å². The molecule has 94 valence electrons. The molecule has 0 aromatic carbocycles. The van der Waals surface area contributed by atoms with Crippen LogP contribution in [-0.2, 0) is 19.1 Å². The zero-order valence-electron chi connectivity index (χ0n) is 9.64. The fourth-order valence-electron chi connectivity index (χ4n) is 1.30. The number of ether oxygens (including phenoxy) is 2. The number of cyclic esters (lactones) is 2. The Kier molecular flexibility index (Phi) is 3.04. The SMILES string of the molecule is CC1(C)OC(=O)C(=Nc2ccc(Cl)nc2)C(=O)O1. The molecular weight excluding hydrogens is 260 g/mol. The smallest absolute Gasteiger partial charge is 0.367 e. The van der Waals surface area contributed by atoms with E-state index in [1.165, 1.54) is 32.2 Å². The van der Waals surface area contributed by atoms with Crippen LogP contribution in [0.4, 0.5) is 5.69 Å². The summed E-state index contributed by atoms with van der Waals surface area (Å²) in [7, 11) is 0. The number of carbonyl (C=O) groups excluding carboxylic acids is 2. The largest absolute Gasteiger partial charge is 0.418 e. The van der Waals surface area contributed by atoms with E-state index in [0.29, 0.717) is 5.69 Å². The Morgan fingerprint density at radius 2 is 1.83 bits per heavy atom. The van der Waals surface area contributed by atoms with Crippen molar-refractivity contribution in [2.75, 3.05) is 0 Å². The summed E-state index contributed by atoms with van der Waals surface area (Å²) in [5.41, 5.74) is -0.110. The molecule has 6 nitrogen and oxygen atoms in total. The van der Waals surface area contributed by atoms with E-state index in [9.17, 15) is 9.59 Å². The average molecular weight is 269 g/mol. The number of rotatable bonds is 1. The maximum absolute atomic E-state index is 11.6. The molecule has 1 aliphatic rings. The first kappa shape index (κ1) is 12.5. The van der Waals surface area contributed by atoms with E-state index < -0.39 is 23.4 Å². The van der Waals surface area contributed by atoms with E-state index in [-0.39, 0.29) is 5.15 Å². The van der Waals surface area contributed by atoms with Crippen molar-refractivity contribution in [2.24, 2.45) is 4.99 Å². The molecule has 0 N–H and O–H groups in total. The molecule has 2 rings (SSSR count). The summed E-state index contributed by atoms with van der Waals surface area (Å²) >= 11 is 5.61. The quantitative estimate of drug-likeness (QED) is 0.571. The van der Waals surface area contributed by atoms with Crippen LogP contribution < -0.4 is 0 Å². The van der Waals surface area contributed by atoms with Gasteiger partial charge in [0.2, 0.25) is 5.71 Å². The molecule has 7 heteroatoms. The van der Waals surface area contributed by atoms with Crippen molar-refractivity contribution >= 4 is 34.9 Å². The Labute approximate surface area is 108 Å². The molecule has 0 aliphatic carbocycles. The van der Waals surface area contributed by atoms with Gasteiger partial charge in [-0.25, -0.2) is 19.6 Å². The van der Waals surface area contributed by atoms with Gasteiger partial charge in [0.25, 0.3) is 5.79 Å². The van der Waals surface area contributed by atoms with Gasteiger partial charge in [0.1, 0.15) is 5.15 Å². The van der Waals surface area contributed by atoms with Crippen molar-refractivity contribution in [3.8, 4) is 0 Å². The number of pyridine rings is 1. The fraction of sp³-hybridized carbons (Fsp3) is 0.273. The van der Waals surface area contributed by atoms with Gasteiger partial charge in [-0.2, -0.15) is 0 Å². The lowest BCUT2D eigenvalue weighted by Gasteiger charge is -2.29. The molecule has 0 spiro atoms. The Morgan fingerprint density at radius 3 is 2.33 bits per heavy atom. The van der Waals surface area contributed by atoms with Crippen LogP contribution in [0.2, 0.25) is 5.15 Å². The molecule has 1 aromatic heterocycles. The van der Waals surface area contributed by atoms with E-state index >= 15 is 0 Å². The van der Waals surface area contributed by atoms with Gasteiger partial charge in [0.15, 0.2) is 0 Å². The van der Waals surface area contributed by atoms with Gasteiger partial charge in [-0.1, -0.05) is 11.6 Å². The van der Waals surface area contributed by atoms with Crippen molar-refractivity contribution in [3.05, 3.63) is 23.5 Å². The zero-order chi connectivity index (χ0) is 13.3. The van der Waals surface area contributed by atoms with E-state index in [1.54, 1.807) is 0 Å². The fourth-order valence-corrected chi connectivity index (χ4v) is 1.41. The molecule has 2 heterocycles. The van der Waals surface area contributed by atoms with Crippen LogP contribution in [0.15, 0.2) is 23.3 Å². The summed E-state index contributed by atoms with van der Waals surface area (Å²) in [6.07, 6.45) is 1.33. The predicted octanol–water partition coefficient (Wildman–Crippen LogP) is 1.64. The number of hydrogen-bond acceptors (Lipinski definition) is 6. The highest BCUT2D eigenvalue weighted by Crippen LogP contribution is 2.20. The molecule has 1 saturated heterocycles. The van der Waals surface area contributed by atoms with Crippen LogP contribution >= 0.6 is 11.6 Å². The first-order chi connectivity index (χ1) is 8.37. The summed E-state index contributed by atoms with van der Waals surface area (Å²) in [4.78, 5) is 30.8. The van der Waals surface area contributed by atoms with Crippen LogP contribution in [0, 0.1) is 0 Å². The summed E-state index contributed by atoms with van der Waals surface area (Å²) in [5.74, 6) is -2.93. The van der Waals surface area contributed by atoms with Crippen LogP contribution in [0.3, 0.4) is 0 Å². The lowest BCUT2D eigenvalue weighted by atomic mass is 10.3. The predicted molar refractivity (Wildman–Crippen MR) is 62.6 cm³/mol. The van der Waals surface area contributed by atoms with Crippen LogP contribution in [0.25, 0.3) is 0 Å². The molecule has 0 unspecified atom stereocenters. The van der Waals surface area contributed by atoms with E-state index in [4.69, 9.17) is 21.1 Å². The van der Waals surface area contributed by atoms with Gasteiger partial charge in [0.05, 0.1) is 11.9 Å². The van der Waals surface area contributed by atoms with Crippen LogP contribution in [-0.4, -0.2) is 28.4 Å². The minimum Gasteiger partial charge on any atom is -0.418 e. The number of nitrogens with zero attached hydrogens (tertiary/aromatic N) is 2. The standard InChI is InChI=1S/C11H9ClN2O4/c1-11(2)17-9(15)8(10(16)18-11)14-6-3-4-7(12)13-5-6/h3-5H,1-2H3. The van der Waals surface area contributed by atoms with Crippen LogP contribution in [0.1, 0.15) is 13.8 Å². The monoisotopic (exact) mass is 268 g/mol. The number of halogens is 1. The summed E-state index contributed by atoms with van der Waals surface area (Å²) in [6, 6.07) is 3.01. The van der Waals surface area contributed by atoms with E-state index in [2.05, 4.69) is 9.98 Å². The number of hydrogen-bond donors (Lipinski definition) is 0. The van der Waals surface area contributed by atoms with Gasteiger partial charge in [-0.3, -0.25) is 0 Å². The van der Waals surface area contributed by atoms with Gasteiger partial charge in [-0.05, 0) is 12.1 Å². The zero-order valence-corrected chi connectivity index (χ0v) is 10.4. The molecule has 0 saturated carbocycles. The molecule has 0 atom stereocenters. The molecule has 0 amide bonds. The minimum absolute atomic E-state index is 0.286.